The van der Waals surface area contributed by atoms with Gasteiger partial charge in [-0.1, -0.05) is 32.0 Å². The summed E-state index contributed by atoms with van der Waals surface area (Å²) in [6, 6.07) is 8.15. The molecule has 20 heavy (non-hydrogen) atoms. The lowest BCUT2D eigenvalue weighted by atomic mass is 10.1. The van der Waals surface area contributed by atoms with Gasteiger partial charge in [0.2, 0.25) is 0 Å². The Labute approximate surface area is 127 Å². The maximum Gasteiger partial charge on any atom is 0.275 e. The number of rotatable bonds is 6. The van der Waals surface area contributed by atoms with Crippen LogP contribution in [-0.2, 0) is 5.75 Å². The molecule has 1 aromatic carbocycles. The number of carbonyl (C=O) groups excluding carboxylic acids is 1. The van der Waals surface area contributed by atoms with Crippen LogP contribution < -0.4 is 11.3 Å². The van der Waals surface area contributed by atoms with Crippen molar-refractivity contribution in [2.75, 3.05) is 5.75 Å². The van der Waals surface area contributed by atoms with E-state index in [0.29, 0.717) is 5.92 Å². The number of nitrogens with one attached hydrogen (secondary N) is 1. The van der Waals surface area contributed by atoms with E-state index in [1.54, 1.807) is 0 Å². The van der Waals surface area contributed by atoms with Crippen molar-refractivity contribution in [1.82, 2.24) is 5.43 Å². The molecule has 0 fully saturated rings. The Morgan fingerprint density at radius 1 is 1.40 bits per heavy atom. The molecule has 0 saturated heterocycles. The number of fused-ring (bicyclic) bond motifs is 1. The minimum atomic E-state index is -0.189. The lowest BCUT2D eigenvalue weighted by molar-refractivity contribution is 0.0957. The second kappa shape index (κ2) is 7.11. The highest BCUT2D eigenvalue weighted by atomic mass is 32.2. The van der Waals surface area contributed by atoms with Crippen LogP contribution in [-0.4, -0.2) is 11.7 Å². The Morgan fingerprint density at radius 2 is 2.15 bits per heavy atom. The van der Waals surface area contributed by atoms with Gasteiger partial charge in [-0.15, -0.1) is 11.3 Å². The van der Waals surface area contributed by atoms with Gasteiger partial charge in [-0.25, -0.2) is 5.84 Å². The van der Waals surface area contributed by atoms with Crippen molar-refractivity contribution in [3.63, 3.8) is 0 Å². The molecule has 0 aliphatic heterocycles. The van der Waals surface area contributed by atoms with Crippen molar-refractivity contribution in [2.45, 2.75) is 26.0 Å². The zero-order chi connectivity index (χ0) is 14.5. The normalized spacial score (nSPS) is 11.2. The highest BCUT2D eigenvalue weighted by Gasteiger charge is 2.17. The highest BCUT2D eigenvalue weighted by Crippen LogP contribution is 2.34. The zero-order valence-electron chi connectivity index (χ0n) is 11.8. The molecule has 0 saturated carbocycles. The second-order valence-corrected chi connectivity index (χ2v) is 7.27. The molecule has 1 heterocycles. The molecule has 3 N–H and O–H groups in total. The average molecular weight is 308 g/mol. The lowest BCUT2D eigenvalue weighted by Gasteiger charge is -2.06. The van der Waals surface area contributed by atoms with Crippen LogP contribution in [0.1, 0.15) is 35.5 Å². The minimum Gasteiger partial charge on any atom is -0.289 e. The van der Waals surface area contributed by atoms with Gasteiger partial charge in [0.1, 0.15) is 0 Å². The predicted octanol–water partition coefficient (Wildman–Crippen LogP) is 3.78. The fourth-order valence-electron chi connectivity index (χ4n) is 1.98. The SMILES string of the molecule is CC(C)CCSCc1c(C(=O)NN)sc2ccccc12. The third kappa shape index (κ3) is 3.53. The third-order valence-electron chi connectivity index (χ3n) is 3.12. The van der Waals surface area contributed by atoms with Gasteiger partial charge in [0.15, 0.2) is 0 Å². The highest BCUT2D eigenvalue weighted by molar-refractivity contribution is 7.98. The van der Waals surface area contributed by atoms with Gasteiger partial charge in [0.25, 0.3) is 5.91 Å². The first-order valence-corrected chi connectivity index (χ1v) is 8.69. The fraction of sp³-hybridized carbons (Fsp3) is 0.400. The molecule has 2 rings (SSSR count). The van der Waals surface area contributed by atoms with Crippen LogP contribution in [0, 0.1) is 5.92 Å². The third-order valence-corrected chi connectivity index (χ3v) is 5.35. The standard InChI is InChI=1S/C15H20N2OS2/c1-10(2)7-8-19-9-12-11-5-3-4-6-13(11)20-14(12)15(18)17-16/h3-6,10H,7-9,16H2,1-2H3,(H,17,18). The molecule has 0 atom stereocenters. The van der Waals surface area contributed by atoms with Crippen molar-refractivity contribution in [2.24, 2.45) is 11.8 Å². The molecular formula is C15H20N2OS2. The molecule has 5 heteroatoms. The topological polar surface area (TPSA) is 55.1 Å². The number of thioether (sulfide) groups is 1. The molecule has 1 amide bonds. The van der Waals surface area contributed by atoms with Crippen molar-refractivity contribution >= 4 is 39.1 Å². The summed E-state index contributed by atoms with van der Waals surface area (Å²) in [5.74, 6) is 7.79. The number of thiophene rings is 1. The number of benzene rings is 1. The van der Waals surface area contributed by atoms with Crippen LogP contribution in [0.2, 0.25) is 0 Å². The van der Waals surface area contributed by atoms with E-state index < -0.39 is 0 Å². The molecule has 0 unspecified atom stereocenters. The molecule has 0 bridgehead atoms. The van der Waals surface area contributed by atoms with Crippen LogP contribution in [0.4, 0.5) is 0 Å². The number of nitrogen functional groups attached to an aromatic ring is 1. The van der Waals surface area contributed by atoms with E-state index in [1.165, 1.54) is 23.1 Å². The summed E-state index contributed by atoms with van der Waals surface area (Å²) in [4.78, 5) is 12.7. The summed E-state index contributed by atoms with van der Waals surface area (Å²) >= 11 is 3.40. The van der Waals surface area contributed by atoms with Gasteiger partial charge in [-0.05, 0) is 35.1 Å². The van der Waals surface area contributed by atoms with Gasteiger partial charge in [0.05, 0.1) is 4.88 Å². The molecular weight excluding hydrogens is 288 g/mol. The molecule has 0 spiro atoms. The maximum absolute atomic E-state index is 11.9. The van der Waals surface area contributed by atoms with E-state index in [4.69, 9.17) is 5.84 Å². The minimum absolute atomic E-state index is 0.189. The number of amides is 1. The average Bonchev–Trinajstić information content (AvgIpc) is 2.81. The fourth-order valence-corrected chi connectivity index (χ4v) is 4.49. The summed E-state index contributed by atoms with van der Waals surface area (Å²) in [6.45, 7) is 4.46. The van der Waals surface area contributed by atoms with Crippen molar-refractivity contribution in [1.29, 1.82) is 0 Å². The van der Waals surface area contributed by atoms with Crippen LogP contribution in [0.25, 0.3) is 10.1 Å². The van der Waals surface area contributed by atoms with Crippen LogP contribution >= 0.6 is 23.1 Å². The van der Waals surface area contributed by atoms with Gasteiger partial charge in [-0.2, -0.15) is 11.8 Å². The Kier molecular flexibility index (Phi) is 5.46. The second-order valence-electron chi connectivity index (χ2n) is 5.11. The van der Waals surface area contributed by atoms with Gasteiger partial charge in [0, 0.05) is 10.5 Å². The van der Waals surface area contributed by atoms with Gasteiger partial charge < -0.3 is 0 Å². The number of hydrogen-bond acceptors (Lipinski definition) is 4. The summed E-state index contributed by atoms with van der Waals surface area (Å²) in [5, 5.41) is 1.17. The Hall–Kier alpha value is -1.04. The largest absolute Gasteiger partial charge is 0.289 e. The molecule has 2 aromatic rings. The van der Waals surface area contributed by atoms with E-state index in [9.17, 15) is 4.79 Å². The van der Waals surface area contributed by atoms with E-state index in [1.807, 2.05) is 23.9 Å². The first-order valence-electron chi connectivity index (χ1n) is 6.72. The smallest absolute Gasteiger partial charge is 0.275 e. The number of carbonyl (C=O) groups is 1. The summed E-state index contributed by atoms with van der Waals surface area (Å²) < 4.78 is 1.14. The Bertz CT molecular complexity index is 593. The predicted molar refractivity (Wildman–Crippen MR) is 89.1 cm³/mol. The molecule has 0 radical (unpaired) electrons. The monoisotopic (exact) mass is 308 g/mol. The van der Waals surface area contributed by atoms with Gasteiger partial charge >= 0.3 is 0 Å². The summed E-state index contributed by atoms with van der Waals surface area (Å²) in [6.07, 6.45) is 1.20. The van der Waals surface area contributed by atoms with E-state index in [0.717, 1.165) is 26.6 Å². The summed E-state index contributed by atoms with van der Waals surface area (Å²) in [5.41, 5.74) is 3.37. The van der Waals surface area contributed by atoms with E-state index >= 15 is 0 Å². The number of hydrazine groups is 1. The quantitative estimate of drug-likeness (QED) is 0.369. The maximum atomic E-state index is 11.9. The lowest BCUT2D eigenvalue weighted by Crippen LogP contribution is -2.29. The van der Waals surface area contributed by atoms with Crippen molar-refractivity contribution < 1.29 is 4.79 Å². The van der Waals surface area contributed by atoms with Crippen LogP contribution in [0.5, 0.6) is 0 Å². The first-order chi connectivity index (χ1) is 9.63. The zero-order valence-corrected chi connectivity index (χ0v) is 13.4. The summed E-state index contributed by atoms with van der Waals surface area (Å²) in [7, 11) is 0. The molecule has 0 aliphatic carbocycles. The van der Waals surface area contributed by atoms with Gasteiger partial charge in [-0.3, -0.25) is 10.2 Å². The molecule has 1 aromatic heterocycles. The van der Waals surface area contributed by atoms with Crippen LogP contribution in [0.15, 0.2) is 24.3 Å². The number of hydrogen-bond donors (Lipinski definition) is 2. The van der Waals surface area contributed by atoms with Crippen LogP contribution in [0.3, 0.4) is 0 Å². The molecule has 0 aliphatic rings. The number of nitrogens with two attached hydrogens (primary N) is 1. The van der Waals surface area contributed by atoms with Crippen molar-refractivity contribution in [3.8, 4) is 0 Å². The van der Waals surface area contributed by atoms with E-state index in [-0.39, 0.29) is 5.91 Å². The van der Waals surface area contributed by atoms with Crippen molar-refractivity contribution in [3.05, 3.63) is 34.7 Å². The Morgan fingerprint density at radius 3 is 2.85 bits per heavy atom. The molecule has 3 nitrogen and oxygen atoms in total. The first kappa shape index (κ1) is 15.4. The Balaban J connectivity index is 2.22. The van der Waals surface area contributed by atoms with E-state index in [2.05, 4.69) is 31.4 Å². The molecule has 108 valence electrons.